The van der Waals surface area contributed by atoms with E-state index in [1.165, 1.54) is 0 Å². The van der Waals surface area contributed by atoms with Crippen molar-refractivity contribution in [1.82, 2.24) is 0 Å². The molecule has 8 heavy (non-hydrogen) atoms. The lowest BCUT2D eigenvalue weighted by Crippen LogP contribution is -2.12. The van der Waals surface area contributed by atoms with Crippen molar-refractivity contribution < 1.29 is 0 Å². The molecule has 1 heterocycles. The first-order valence-corrected chi connectivity index (χ1v) is 7.49. The summed E-state index contributed by atoms with van der Waals surface area (Å²) in [5.41, 5.74) is 0. The first-order chi connectivity index (χ1) is 3.60. The van der Waals surface area contributed by atoms with Crippen LogP contribution < -0.4 is 0 Å². The highest BCUT2D eigenvalue weighted by molar-refractivity contribution is 7.45. The van der Waals surface area contributed by atoms with E-state index in [2.05, 4.69) is 0 Å². The maximum absolute atomic E-state index is 5.88. The van der Waals surface area contributed by atoms with E-state index >= 15 is 0 Å². The predicted molar refractivity (Wildman–Crippen MR) is 41.3 cm³/mol. The summed E-state index contributed by atoms with van der Waals surface area (Å²) < 4.78 is 0. The predicted octanol–water partition coefficient (Wildman–Crippen LogP) is 2.92. The molecule has 0 saturated carbocycles. The van der Waals surface area contributed by atoms with E-state index < -0.39 is 6.69 Å². The second kappa shape index (κ2) is 2.37. The van der Waals surface area contributed by atoms with Gasteiger partial charge in [0.05, 0.1) is 0 Å². The normalized spacial score (nSPS) is 35.6. The molecule has 0 spiro atoms. The van der Waals surface area contributed by atoms with Gasteiger partial charge in [0.15, 0.2) is 0 Å². The fourth-order valence-electron chi connectivity index (χ4n) is 0.896. The van der Waals surface area contributed by atoms with Crippen molar-refractivity contribution >= 4 is 40.5 Å². The van der Waals surface area contributed by atoms with Gasteiger partial charge in [-0.05, 0) is 18.5 Å². The van der Waals surface area contributed by atoms with Crippen molar-refractivity contribution in [2.45, 2.75) is 23.9 Å². The largest absolute Gasteiger partial charge is 0.252 e. The van der Waals surface area contributed by atoms with Crippen LogP contribution in [-0.4, -0.2) is 12.1 Å². The third-order valence-electron chi connectivity index (χ3n) is 1.34. The second-order valence-corrected chi connectivity index (χ2v) is 10.4. The van der Waals surface area contributed by atoms with E-state index in [1.807, 2.05) is 0 Å². The van der Waals surface area contributed by atoms with Crippen molar-refractivity contribution in [2.24, 2.45) is 0 Å². The minimum Gasteiger partial charge on any atom is -0.146 e. The number of hydrogen-bond acceptors (Lipinski definition) is 0. The molecule has 1 aliphatic heterocycles. The molecule has 0 N–H and O–H groups in total. The van der Waals surface area contributed by atoms with Crippen LogP contribution in [0.25, 0.3) is 0 Å². The molecule has 0 nitrogen and oxygen atoms in total. The molecule has 48 valence electrons. The summed E-state index contributed by atoms with van der Waals surface area (Å²) in [5, 5.41) is 0.261. The Morgan fingerprint density at radius 1 is 1.38 bits per heavy atom. The maximum Gasteiger partial charge on any atom is 0.252 e. The highest BCUT2D eigenvalue weighted by atomic mass is 35.7. The molecule has 1 saturated heterocycles. The molecule has 0 aromatic rings. The zero-order valence-corrected chi connectivity index (χ0v) is 7.60. The summed E-state index contributed by atoms with van der Waals surface area (Å²) >= 11 is 17.5. The monoisotopic (exact) mass is 188 g/mol. The van der Waals surface area contributed by atoms with Crippen LogP contribution in [0.3, 0.4) is 0 Å². The quantitative estimate of drug-likeness (QED) is 0.312. The van der Waals surface area contributed by atoms with Crippen LogP contribution in [-0.2, 0) is 0 Å². The maximum atomic E-state index is 5.88. The molecule has 0 radical (unpaired) electrons. The van der Waals surface area contributed by atoms with Crippen LogP contribution in [0.5, 0.6) is 0 Å². The zero-order chi connectivity index (χ0) is 6.20. The molecule has 1 rings (SSSR count). The van der Waals surface area contributed by atoms with Crippen molar-refractivity contribution in [1.29, 1.82) is 0 Å². The summed E-state index contributed by atoms with van der Waals surface area (Å²) in [6, 6.07) is 1.85. The standard InChI is InChI=1S/C4H7Cl3Si/c5-4-1-2-8(6,7)3-4/h4H,1-3H2. The van der Waals surface area contributed by atoms with Gasteiger partial charge in [-0.15, -0.1) is 33.8 Å². The molecule has 0 amide bonds. The Morgan fingerprint density at radius 3 is 2.12 bits per heavy atom. The van der Waals surface area contributed by atoms with Gasteiger partial charge in [0, 0.05) is 5.38 Å². The molecule has 0 aromatic carbocycles. The van der Waals surface area contributed by atoms with Crippen molar-refractivity contribution in [3.63, 3.8) is 0 Å². The highest BCUT2D eigenvalue weighted by Gasteiger charge is 2.37. The Morgan fingerprint density at radius 2 is 2.00 bits per heavy atom. The van der Waals surface area contributed by atoms with Gasteiger partial charge in [0.1, 0.15) is 0 Å². The molecular weight excluding hydrogens is 182 g/mol. The first-order valence-electron chi connectivity index (χ1n) is 2.62. The van der Waals surface area contributed by atoms with Crippen LogP contribution in [0.2, 0.25) is 12.1 Å². The zero-order valence-electron chi connectivity index (χ0n) is 4.33. The number of rotatable bonds is 0. The van der Waals surface area contributed by atoms with Gasteiger partial charge >= 0.3 is 0 Å². The van der Waals surface area contributed by atoms with Crippen LogP contribution in [0.1, 0.15) is 6.42 Å². The third-order valence-corrected chi connectivity index (χ3v) is 6.14. The van der Waals surface area contributed by atoms with E-state index in [4.69, 9.17) is 33.8 Å². The third kappa shape index (κ3) is 1.80. The van der Waals surface area contributed by atoms with Gasteiger partial charge in [0.25, 0.3) is 6.69 Å². The van der Waals surface area contributed by atoms with Crippen LogP contribution >= 0.6 is 33.8 Å². The number of halogens is 3. The average Bonchev–Trinajstić information content (AvgIpc) is 1.82. The fraction of sp³-hybridized carbons (Fsp3) is 1.00. The molecule has 1 unspecified atom stereocenters. The molecule has 0 aromatic heterocycles. The molecule has 0 bridgehead atoms. The smallest absolute Gasteiger partial charge is 0.146 e. The SMILES string of the molecule is ClC1CC[Si](Cl)(Cl)C1. The molecule has 1 fully saturated rings. The molecule has 1 atom stereocenters. The summed E-state index contributed by atoms with van der Waals surface area (Å²) in [6.07, 6.45) is 1.01. The lowest BCUT2D eigenvalue weighted by Gasteiger charge is -2.03. The second-order valence-electron chi connectivity index (χ2n) is 2.20. The van der Waals surface area contributed by atoms with Gasteiger partial charge < -0.3 is 0 Å². The molecular formula is C4H7Cl3Si. The fourth-order valence-corrected chi connectivity index (χ4v) is 6.05. The van der Waals surface area contributed by atoms with E-state index in [9.17, 15) is 0 Å². The first kappa shape index (κ1) is 7.20. The highest BCUT2D eigenvalue weighted by Crippen LogP contribution is 2.39. The lowest BCUT2D eigenvalue weighted by atomic mass is 10.4. The van der Waals surface area contributed by atoms with Crippen LogP contribution in [0.15, 0.2) is 0 Å². The van der Waals surface area contributed by atoms with Gasteiger partial charge in [-0.1, -0.05) is 0 Å². The summed E-state index contributed by atoms with van der Waals surface area (Å²) in [4.78, 5) is 0. The van der Waals surface area contributed by atoms with Crippen LogP contribution in [0.4, 0.5) is 0 Å². The number of alkyl halides is 1. The minimum absolute atomic E-state index is 0.261. The Balaban J connectivity index is 2.44. The van der Waals surface area contributed by atoms with Crippen molar-refractivity contribution in [3.05, 3.63) is 0 Å². The van der Waals surface area contributed by atoms with E-state index in [-0.39, 0.29) is 5.38 Å². The molecule has 4 heteroatoms. The van der Waals surface area contributed by atoms with E-state index in [0.29, 0.717) is 0 Å². The summed E-state index contributed by atoms with van der Waals surface area (Å²) in [7, 11) is 0. The van der Waals surface area contributed by atoms with E-state index in [0.717, 1.165) is 18.5 Å². The van der Waals surface area contributed by atoms with Gasteiger partial charge in [-0.2, -0.15) is 0 Å². The Hall–Kier alpha value is 1.09. The van der Waals surface area contributed by atoms with Crippen molar-refractivity contribution in [2.75, 3.05) is 0 Å². The Bertz CT molecular complexity index is 93.3. The topological polar surface area (TPSA) is 0 Å². The van der Waals surface area contributed by atoms with E-state index in [1.54, 1.807) is 0 Å². The molecule has 1 aliphatic rings. The van der Waals surface area contributed by atoms with Gasteiger partial charge in [0.2, 0.25) is 0 Å². The Kier molecular flexibility index (Phi) is 2.13. The van der Waals surface area contributed by atoms with Crippen molar-refractivity contribution in [3.8, 4) is 0 Å². The number of hydrogen-bond donors (Lipinski definition) is 0. The minimum atomic E-state index is -1.79. The lowest BCUT2D eigenvalue weighted by molar-refractivity contribution is 0.944. The van der Waals surface area contributed by atoms with Crippen LogP contribution in [0, 0.1) is 0 Å². The summed E-state index contributed by atoms with van der Waals surface area (Å²) in [6.45, 7) is -1.79. The molecule has 0 aliphatic carbocycles. The average molecular weight is 190 g/mol. The van der Waals surface area contributed by atoms with Gasteiger partial charge in [-0.3, -0.25) is 0 Å². The van der Waals surface area contributed by atoms with Gasteiger partial charge in [-0.25, -0.2) is 0 Å². The Labute approximate surface area is 64.5 Å². The summed E-state index contributed by atoms with van der Waals surface area (Å²) in [5.74, 6) is 0.